The molecule has 1 fully saturated rings. The van der Waals surface area contributed by atoms with Crippen LogP contribution in [-0.4, -0.2) is 16.4 Å². The van der Waals surface area contributed by atoms with Crippen molar-refractivity contribution in [3.8, 4) is 0 Å². The van der Waals surface area contributed by atoms with E-state index in [1.807, 2.05) is 30.3 Å². The quantitative estimate of drug-likeness (QED) is 0.511. The first-order valence-electron chi connectivity index (χ1n) is 11.3. The van der Waals surface area contributed by atoms with Crippen LogP contribution in [0.2, 0.25) is 0 Å². The molecular weight excluding hydrogens is 405 g/mol. The van der Waals surface area contributed by atoms with Crippen LogP contribution in [0.4, 0.5) is 15.8 Å². The molecule has 6 heteroatoms. The van der Waals surface area contributed by atoms with Crippen LogP contribution in [0.3, 0.4) is 0 Å². The Labute approximate surface area is 186 Å². The van der Waals surface area contributed by atoms with Gasteiger partial charge in [-0.25, -0.2) is 4.39 Å². The number of amides is 2. The normalized spacial score (nSPS) is 16.8. The fraction of sp³-hybridized carbons (Fsp3) is 0.308. The van der Waals surface area contributed by atoms with Gasteiger partial charge in [0.1, 0.15) is 5.82 Å². The van der Waals surface area contributed by atoms with Crippen LogP contribution in [-0.2, 0) is 16.0 Å². The van der Waals surface area contributed by atoms with Gasteiger partial charge in [0, 0.05) is 46.5 Å². The third-order valence-electron chi connectivity index (χ3n) is 6.45. The summed E-state index contributed by atoms with van der Waals surface area (Å²) in [6.07, 6.45) is 10.3. The van der Waals surface area contributed by atoms with Gasteiger partial charge in [-0.1, -0.05) is 25.3 Å². The number of nitrogens with one attached hydrogen (secondary N) is 2. The summed E-state index contributed by atoms with van der Waals surface area (Å²) in [5.41, 5.74) is 4.37. The molecule has 5 rings (SSSR count). The SMILES string of the molecule is O=C(/C=C/c1cc2cc(F)ccc2n1C1CCCCC1)Nc1ccc2c(c1)NC(=O)CC2. The van der Waals surface area contributed by atoms with E-state index in [-0.39, 0.29) is 17.6 Å². The lowest BCUT2D eigenvalue weighted by Crippen LogP contribution is -2.19. The van der Waals surface area contributed by atoms with Crippen molar-refractivity contribution in [1.82, 2.24) is 4.57 Å². The van der Waals surface area contributed by atoms with Crippen LogP contribution in [0.25, 0.3) is 17.0 Å². The van der Waals surface area contributed by atoms with Gasteiger partial charge in [-0.15, -0.1) is 0 Å². The van der Waals surface area contributed by atoms with Gasteiger partial charge in [0.15, 0.2) is 0 Å². The molecule has 0 bridgehead atoms. The molecule has 0 radical (unpaired) electrons. The van der Waals surface area contributed by atoms with Crippen LogP contribution in [0.5, 0.6) is 0 Å². The summed E-state index contributed by atoms with van der Waals surface area (Å²) in [5.74, 6) is -0.516. The number of nitrogens with zero attached hydrogens (tertiary/aromatic N) is 1. The van der Waals surface area contributed by atoms with Crippen LogP contribution in [0.15, 0.2) is 48.5 Å². The van der Waals surface area contributed by atoms with Gasteiger partial charge in [-0.2, -0.15) is 0 Å². The number of benzene rings is 2. The van der Waals surface area contributed by atoms with Crippen molar-refractivity contribution in [2.24, 2.45) is 0 Å². The van der Waals surface area contributed by atoms with Crippen molar-refractivity contribution in [1.29, 1.82) is 0 Å². The standard InChI is InChI=1S/C26H26FN3O2/c27-19-8-11-24-18(14-19)15-22(30(24)21-4-2-1-3-5-21)10-13-25(31)28-20-9-6-17-7-12-26(32)29-23(17)16-20/h6,8-11,13-16,21H,1-5,7,12H2,(H,28,31)(H,29,32)/b13-10+. The largest absolute Gasteiger partial charge is 0.338 e. The molecule has 164 valence electrons. The van der Waals surface area contributed by atoms with Gasteiger partial charge in [0.2, 0.25) is 11.8 Å². The second kappa shape index (κ2) is 8.61. The fourth-order valence-electron chi connectivity index (χ4n) is 4.90. The topological polar surface area (TPSA) is 63.1 Å². The minimum atomic E-state index is -0.258. The summed E-state index contributed by atoms with van der Waals surface area (Å²) in [6, 6.07) is 12.8. The van der Waals surface area contributed by atoms with E-state index in [0.717, 1.165) is 40.7 Å². The summed E-state index contributed by atoms with van der Waals surface area (Å²) in [5, 5.41) is 6.57. The maximum Gasteiger partial charge on any atom is 0.248 e. The Morgan fingerprint density at radius 3 is 2.75 bits per heavy atom. The molecule has 2 aromatic carbocycles. The van der Waals surface area contributed by atoms with Crippen molar-refractivity contribution in [2.45, 2.75) is 51.0 Å². The predicted octanol–water partition coefficient (Wildman–Crippen LogP) is 5.82. The second-order valence-electron chi connectivity index (χ2n) is 8.68. The Bertz CT molecular complexity index is 1220. The highest BCUT2D eigenvalue weighted by Crippen LogP contribution is 2.34. The van der Waals surface area contributed by atoms with Crippen molar-refractivity contribution in [2.75, 3.05) is 10.6 Å². The average molecular weight is 432 g/mol. The first-order chi connectivity index (χ1) is 15.6. The number of anilines is 2. The Hall–Kier alpha value is -3.41. The van der Waals surface area contributed by atoms with Gasteiger partial charge < -0.3 is 15.2 Å². The van der Waals surface area contributed by atoms with Gasteiger partial charge in [-0.05, 0) is 67.3 Å². The van der Waals surface area contributed by atoms with Crippen molar-refractivity contribution < 1.29 is 14.0 Å². The molecule has 1 saturated carbocycles. The van der Waals surface area contributed by atoms with E-state index in [4.69, 9.17) is 0 Å². The molecule has 5 nitrogen and oxygen atoms in total. The fourth-order valence-corrected chi connectivity index (χ4v) is 4.90. The van der Waals surface area contributed by atoms with Crippen LogP contribution < -0.4 is 10.6 Å². The highest BCUT2D eigenvalue weighted by Gasteiger charge is 2.20. The Morgan fingerprint density at radius 2 is 1.91 bits per heavy atom. The molecule has 2 N–H and O–H groups in total. The summed E-state index contributed by atoms with van der Waals surface area (Å²) < 4.78 is 16.1. The molecule has 3 aromatic rings. The van der Waals surface area contributed by atoms with E-state index < -0.39 is 0 Å². The monoisotopic (exact) mass is 431 g/mol. The number of carbonyl (C=O) groups excluding carboxylic acids is 2. The number of aryl methyl sites for hydroxylation is 1. The van der Waals surface area contributed by atoms with E-state index >= 15 is 0 Å². The molecular formula is C26H26FN3O2. The molecule has 2 aliphatic rings. The third-order valence-corrected chi connectivity index (χ3v) is 6.45. The van der Waals surface area contributed by atoms with Gasteiger partial charge >= 0.3 is 0 Å². The molecule has 0 unspecified atom stereocenters. The minimum absolute atomic E-state index is 0.00662. The van der Waals surface area contributed by atoms with Gasteiger partial charge in [0.05, 0.1) is 0 Å². The molecule has 2 heterocycles. The zero-order valence-electron chi connectivity index (χ0n) is 17.9. The second-order valence-corrected chi connectivity index (χ2v) is 8.68. The summed E-state index contributed by atoms with van der Waals surface area (Å²) in [6.45, 7) is 0. The zero-order chi connectivity index (χ0) is 22.1. The highest BCUT2D eigenvalue weighted by molar-refractivity contribution is 6.03. The highest BCUT2D eigenvalue weighted by atomic mass is 19.1. The number of aromatic nitrogens is 1. The first kappa shape index (κ1) is 20.5. The summed E-state index contributed by atoms with van der Waals surface area (Å²) >= 11 is 0. The van der Waals surface area contributed by atoms with Gasteiger partial charge in [-0.3, -0.25) is 9.59 Å². The Kier molecular flexibility index (Phi) is 5.52. The molecule has 32 heavy (non-hydrogen) atoms. The Morgan fingerprint density at radius 1 is 1.06 bits per heavy atom. The molecule has 0 spiro atoms. The van der Waals surface area contributed by atoms with Crippen LogP contribution in [0.1, 0.15) is 55.8 Å². The number of hydrogen-bond donors (Lipinski definition) is 2. The number of rotatable bonds is 4. The minimum Gasteiger partial charge on any atom is -0.338 e. The lowest BCUT2D eigenvalue weighted by molar-refractivity contribution is -0.116. The van der Waals surface area contributed by atoms with E-state index in [1.165, 1.54) is 31.4 Å². The zero-order valence-corrected chi connectivity index (χ0v) is 17.9. The number of hydrogen-bond acceptors (Lipinski definition) is 2. The number of halogens is 1. The van der Waals surface area contributed by atoms with Crippen molar-refractivity contribution in [3.63, 3.8) is 0 Å². The lowest BCUT2D eigenvalue weighted by atomic mass is 9.95. The van der Waals surface area contributed by atoms with Crippen LogP contribution in [0, 0.1) is 5.82 Å². The first-order valence-corrected chi connectivity index (χ1v) is 11.3. The summed E-state index contributed by atoms with van der Waals surface area (Å²) in [4.78, 5) is 24.3. The molecule has 2 amide bonds. The summed E-state index contributed by atoms with van der Waals surface area (Å²) in [7, 11) is 0. The Balaban J connectivity index is 1.39. The maximum absolute atomic E-state index is 13.8. The van der Waals surface area contributed by atoms with Crippen molar-refractivity contribution in [3.05, 3.63) is 65.6 Å². The number of carbonyl (C=O) groups is 2. The molecule has 1 aliphatic carbocycles. The third kappa shape index (κ3) is 4.17. The smallest absolute Gasteiger partial charge is 0.248 e. The van der Waals surface area contributed by atoms with E-state index in [9.17, 15) is 14.0 Å². The predicted molar refractivity (Wildman–Crippen MR) is 125 cm³/mol. The van der Waals surface area contributed by atoms with Gasteiger partial charge in [0.25, 0.3) is 0 Å². The molecule has 1 aromatic heterocycles. The molecule has 0 saturated heterocycles. The van der Waals surface area contributed by atoms with Crippen LogP contribution >= 0.6 is 0 Å². The van der Waals surface area contributed by atoms with Crippen molar-refractivity contribution >= 4 is 40.2 Å². The van der Waals surface area contributed by atoms with E-state index in [2.05, 4.69) is 15.2 Å². The lowest BCUT2D eigenvalue weighted by Gasteiger charge is -2.26. The average Bonchev–Trinajstić information content (AvgIpc) is 3.15. The molecule has 1 aliphatic heterocycles. The molecule has 0 atom stereocenters. The van der Waals surface area contributed by atoms with E-state index in [0.29, 0.717) is 24.6 Å². The maximum atomic E-state index is 13.8. The number of fused-ring (bicyclic) bond motifs is 2. The van der Waals surface area contributed by atoms with E-state index in [1.54, 1.807) is 12.1 Å².